The second-order valence-electron chi connectivity index (χ2n) is 6.80. The molecule has 1 aliphatic heterocycles. The summed E-state index contributed by atoms with van der Waals surface area (Å²) in [6, 6.07) is 10.3. The summed E-state index contributed by atoms with van der Waals surface area (Å²) in [5.41, 5.74) is 1.27. The lowest BCUT2D eigenvalue weighted by atomic mass is 9.92. The van der Waals surface area contributed by atoms with E-state index < -0.39 is 0 Å². The number of benzene rings is 1. The van der Waals surface area contributed by atoms with E-state index in [4.69, 9.17) is 4.74 Å². The number of likely N-dealkylation sites (tertiary alicyclic amines) is 1. The molecule has 0 aromatic heterocycles. The molecular weight excluding hydrogens is 304 g/mol. The number of carbonyl (C=O) groups is 1. The zero-order valence-electron chi connectivity index (χ0n) is 14.8. The molecule has 1 aromatic rings. The van der Waals surface area contributed by atoms with Gasteiger partial charge in [-0.25, -0.2) is 0 Å². The van der Waals surface area contributed by atoms with Gasteiger partial charge in [-0.15, -0.1) is 0 Å². The van der Waals surface area contributed by atoms with Crippen molar-refractivity contribution in [3.63, 3.8) is 0 Å². The van der Waals surface area contributed by atoms with Crippen LogP contribution in [0.2, 0.25) is 0 Å². The standard InChI is InChI=1S/C19H30N2O3/c1-15(2)24-11-9-19(23)20-18-13-21(10-8-17(18)14-22)12-16-6-4-3-5-7-16/h3-7,15,17-18,22H,8-14H2,1-2H3,(H,20,23). The Morgan fingerprint density at radius 1 is 1.38 bits per heavy atom. The molecule has 2 atom stereocenters. The van der Waals surface area contributed by atoms with E-state index in [0.29, 0.717) is 13.0 Å². The summed E-state index contributed by atoms with van der Waals surface area (Å²) in [5.74, 6) is 0.132. The summed E-state index contributed by atoms with van der Waals surface area (Å²) in [5, 5.41) is 12.7. The van der Waals surface area contributed by atoms with Crippen molar-refractivity contribution in [2.75, 3.05) is 26.3 Å². The third kappa shape index (κ3) is 6.23. The second kappa shape index (κ2) is 9.77. The normalized spacial score (nSPS) is 21.8. The number of hydrogen-bond acceptors (Lipinski definition) is 4. The monoisotopic (exact) mass is 334 g/mol. The zero-order chi connectivity index (χ0) is 17.4. The van der Waals surface area contributed by atoms with Crippen molar-refractivity contribution in [2.24, 2.45) is 5.92 Å². The van der Waals surface area contributed by atoms with Gasteiger partial charge in [-0.05, 0) is 32.4 Å². The van der Waals surface area contributed by atoms with Crippen molar-refractivity contribution in [3.8, 4) is 0 Å². The minimum absolute atomic E-state index is 0.000612. The molecule has 5 nitrogen and oxygen atoms in total. The van der Waals surface area contributed by atoms with Gasteiger partial charge >= 0.3 is 0 Å². The van der Waals surface area contributed by atoms with E-state index in [1.807, 2.05) is 32.0 Å². The fourth-order valence-corrected chi connectivity index (χ4v) is 3.10. The van der Waals surface area contributed by atoms with Gasteiger partial charge in [0.05, 0.1) is 12.7 Å². The van der Waals surface area contributed by atoms with Crippen LogP contribution in [0.15, 0.2) is 30.3 Å². The third-order valence-electron chi connectivity index (χ3n) is 4.45. The number of piperidine rings is 1. The summed E-state index contributed by atoms with van der Waals surface area (Å²) in [7, 11) is 0. The second-order valence-corrected chi connectivity index (χ2v) is 6.80. The average Bonchev–Trinajstić information content (AvgIpc) is 2.56. The number of hydrogen-bond donors (Lipinski definition) is 2. The topological polar surface area (TPSA) is 61.8 Å². The molecular formula is C19H30N2O3. The van der Waals surface area contributed by atoms with Gasteiger partial charge in [0.25, 0.3) is 0 Å². The molecule has 0 spiro atoms. The van der Waals surface area contributed by atoms with Crippen molar-refractivity contribution >= 4 is 5.91 Å². The highest BCUT2D eigenvalue weighted by molar-refractivity contribution is 5.76. The summed E-state index contributed by atoms with van der Waals surface area (Å²) in [6.07, 6.45) is 1.40. The number of ether oxygens (including phenoxy) is 1. The van der Waals surface area contributed by atoms with Gasteiger partial charge in [-0.1, -0.05) is 30.3 Å². The average molecular weight is 334 g/mol. The molecule has 2 rings (SSSR count). The lowest BCUT2D eigenvalue weighted by Gasteiger charge is -2.38. The van der Waals surface area contributed by atoms with Crippen LogP contribution >= 0.6 is 0 Å². The van der Waals surface area contributed by atoms with E-state index in [9.17, 15) is 9.90 Å². The van der Waals surface area contributed by atoms with Gasteiger partial charge in [0.15, 0.2) is 0 Å². The molecule has 134 valence electrons. The smallest absolute Gasteiger partial charge is 0.222 e. The van der Waals surface area contributed by atoms with E-state index in [2.05, 4.69) is 22.3 Å². The van der Waals surface area contributed by atoms with E-state index in [1.165, 1.54) is 5.56 Å². The van der Waals surface area contributed by atoms with Crippen LogP contribution in [0.25, 0.3) is 0 Å². The van der Waals surface area contributed by atoms with Crippen LogP contribution in [0, 0.1) is 5.92 Å². The Kier molecular flexibility index (Phi) is 7.69. The molecule has 2 unspecified atom stereocenters. The van der Waals surface area contributed by atoms with Crippen LogP contribution in [0.3, 0.4) is 0 Å². The highest BCUT2D eigenvalue weighted by atomic mass is 16.5. The van der Waals surface area contributed by atoms with E-state index in [0.717, 1.165) is 26.1 Å². The minimum Gasteiger partial charge on any atom is -0.396 e. The molecule has 0 bridgehead atoms. The number of aliphatic hydroxyl groups excluding tert-OH is 1. The van der Waals surface area contributed by atoms with E-state index >= 15 is 0 Å². The molecule has 2 N–H and O–H groups in total. The van der Waals surface area contributed by atoms with Crippen LogP contribution in [-0.2, 0) is 16.1 Å². The van der Waals surface area contributed by atoms with Gasteiger partial charge in [0.1, 0.15) is 0 Å². The van der Waals surface area contributed by atoms with Crippen molar-refractivity contribution in [1.29, 1.82) is 0 Å². The highest BCUT2D eigenvalue weighted by Gasteiger charge is 2.29. The largest absolute Gasteiger partial charge is 0.396 e. The summed E-state index contributed by atoms with van der Waals surface area (Å²) in [4.78, 5) is 14.5. The molecule has 0 aliphatic carbocycles. The van der Waals surface area contributed by atoms with Crippen molar-refractivity contribution in [1.82, 2.24) is 10.2 Å². The van der Waals surface area contributed by atoms with Crippen LogP contribution in [-0.4, -0.2) is 54.4 Å². The number of nitrogens with zero attached hydrogens (tertiary/aromatic N) is 1. The molecule has 1 heterocycles. The minimum atomic E-state index is -0.000915. The molecule has 1 amide bonds. The van der Waals surface area contributed by atoms with Gasteiger partial charge in [0.2, 0.25) is 5.91 Å². The Morgan fingerprint density at radius 2 is 2.12 bits per heavy atom. The van der Waals surface area contributed by atoms with Crippen LogP contribution in [0.5, 0.6) is 0 Å². The number of carbonyl (C=O) groups excluding carboxylic acids is 1. The maximum atomic E-state index is 12.1. The van der Waals surface area contributed by atoms with Gasteiger partial charge in [-0.2, -0.15) is 0 Å². The Bertz CT molecular complexity index is 493. The van der Waals surface area contributed by atoms with Gasteiger partial charge in [0, 0.05) is 38.1 Å². The van der Waals surface area contributed by atoms with Crippen LogP contribution in [0.4, 0.5) is 0 Å². The number of rotatable bonds is 8. The molecule has 0 radical (unpaired) electrons. The first-order valence-corrected chi connectivity index (χ1v) is 8.86. The lowest BCUT2D eigenvalue weighted by Crippen LogP contribution is -2.53. The van der Waals surface area contributed by atoms with E-state index in [-0.39, 0.29) is 30.6 Å². The first kappa shape index (κ1) is 18.9. The Balaban J connectivity index is 1.84. The predicted molar refractivity (Wildman–Crippen MR) is 94.5 cm³/mol. The van der Waals surface area contributed by atoms with Crippen LogP contribution in [0.1, 0.15) is 32.3 Å². The van der Waals surface area contributed by atoms with Crippen LogP contribution < -0.4 is 5.32 Å². The fourth-order valence-electron chi connectivity index (χ4n) is 3.10. The third-order valence-corrected chi connectivity index (χ3v) is 4.45. The molecule has 1 fully saturated rings. The summed E-state index contributed by atoms with van der Waals surface area (Å²) in [6.45, 7) is 7.08. The maximum Gasteiger partial charge on any atom is 0.222 e. The predicted octanol–water partition coefficient (Wildman–Crippen LogP) is 1.80. The number of aliphatic hydroxyl groups is 1. The Hall–Kier alpha value is -1.43. The Labute approximate surface area is 145 Å². The molecule has 1 saturated heterocycles. The lowest BCUT2D eigenvalue weighted by molar-refractivity contribution is -0.124. The van der Waals surface area contributed by atoms with Crippen molar-refractivity contribution < 1.29 is 14.6 Å². The van der Waals surface area contributed by atoms with E-state index in [1.54, 1.807) is 0 Å². The SMILES string of the molecule is CC(C)OCCC(=O)NC1CN(Cc2ccccc2)CCC1CO. The quantitative estimate of drug-likeness (QED) is 0.761. The molecule has 1 aromatic carbocycles. The van der Waals surface area contributed by atoms with Gasteiger partial charge in [-0.3, -0.25) is 9.69 Å². The van der Waals surface area contributed by atoms with Crippen molar-refractivity contribution in [3.05, 3.63) is 35.9 Å². The zero-order valence-corrected chi connectivity index (χ0v) is 14.8. The molecule has 1 aliphatic rings. The first-order valence-electron chi connectivity index (χ1n) is 8.86. The van der Waals surface area contributed by atoms with Crippen molar-refractivity contribution in [2.45, 2.75) is 45.4 Å². The fraction of sp³-hybridized carbons (Fsp3) is 0.632. The van der Waals surface area contributed by atoms with Gasteiger partial charge < -0.3 is 15.2 Å². The molecule has 5 heteroatoms. The Morgan fingerprint density at radius 3 is 2.79 bits per heavy atom. The summed E-state index contributed by atoms with van der Waals surface area (Å²) >= 11 is 0. The number of nitrogens with one attached hydrogen (secondary N) is 1. The first-order chi connectivity index (χ1) is 11.6. The highest BCUT2D eigenvalue weighted by Crippen LogP contribution is 2.19. The molecule has 24 heavy (non-hydrogen) atoms. The maximum absolute atomic E-state index is 12.1. The number of amides is 1. The molecule has 0 saturated carbocycles. The summed E-state index contributed by atoms with van der Waals surface area (Å²) < 4.78 is 5.43.